The molecule has 6 nitrogen and oxygen atoms in total. The summed E-state index contributed by atoms with van der Waals surface area (Å²) in [4.78, 5) is 24.2. The number of carbonyl (C=O) groups excluding carboxylic acids is 2. The van der Waals surface area contributed by atoms with Gasteiger partial charge in [-0.3, -0.25) is 9.59 Å². The Morgan fingerprint density at radius 3 is 2.57 bits per heavy atom. The predicted molar refractivity (Wildman–Crippen MR) is 120 cm³/mol. The molecule has 0 bridgehead atoms. The molecule has 0 aliphatic heterocycles. The number of amides is 2. The summed E-state index contributed by atoms with van der Waals surface area (Å²) in [5.74, 6) is -0.0577. The first-order valence-corrected chi connectivity index (χ1v) is 9.79. The zero-order chi connectivity index (χ0) is 21.5. The molecule has 0 aromatic heterocycles. The predicted octanol–water partition coefficient (Wildman–Crippen LogP) is 4.70. The molecular formula is C23H22ClN3O3. The molecule has 0 aliphatic carbocycles. The smallest absolute Gasteiger partial charge is 0.277 e. The summed E-state index contributed by atoms with van der Waals surface area (Å²) < 4.78 is 5.52. The molecule has 2 amide bonds. The van der Waals surface area contributed by atoms with E-state index in [1.807, 2.05) is 49.4 Å². The first-order valence-electron chi connectivity index (χ1n) is 9.41. The summed E-state index contributed by atoms with van der Waals surface area (Å²) in [5, 5.41) is 9.46. The number of hydrogen-bond donors (Lipinski definition) is 2. The van der Waals surface area contributed by atoms with Gasteiger partial charge in [0.25, 0.3) is 5.91 Å². The number of nitrogens with zero attached hydrogens (tertiary/aromatic N) is 1. The lowest BCUT2D eigenvalue weighted by atomic mass is 10.1. The minimum absolute atomic E-state index is 0.0394. The van der Waals surface area contributed by atoms with Crippen molar-refractivity contribution in [3.8, 4) is 5.75 Å². The lowest BCUT2D eigenvalue weighted by Crippen LogP contribution is -2.26. The maximum atomic E-state index is 12.2. The van der Waals surface area contributed by atoms with Gasteiger partial charge in [-0.05, 0) is 54.4 Å². The van der Waals surface area contributed by atoms with E-state index in [1.165, 1.54) is 0 Å². The van der Waals surface area contributed by atoms with Gasteiger partial charge in [-0.2, -0.15) is 5.10 Å². The van der Waals surface area contributed by atoms with Crippen LogP contribution >= 0.6 is 11.6 Å². The Hall–Kier alpha value is -3.38. The lowest BCUT2D eigenvalue weighted by Gasteiger charge is -2.09. The Morgan fingerprint density at radius 1 is 1.00 bits per heavy atom. The van der Waals surface area contributed by atoms with Crippen LogP contribution in [0.3, 0.4) is 0 Å². The molecule has 7 heteroatoms. The molecule has 0 saturated carbocycles. The number of hydrogen-bond acceptors (Lipinski definition) is 4. The van der Waals surface area contributed by atoms with E-state index in [1.54, 1.807) is 25.1 Å². The van der Waals surface area contributed by atoms with E-state index in [0.29, 0.717) is 22.2 Å². The third-order valence-electron chi connectivity index (χ3n) is 4.42. The second-order valence-electron chi connectivity index (χ2n) is 6.82. The van der Waals surface area contributed by atoms with E-state index in [2.05, 4.69) is 15.8 Å². The number of ether oxygens (including phenoxy) is 1. The van der Waals surface area contributed by atoms with E-state index in [4.69, 9.17) is 16.3 Å². The molecule has 0 radical (unpaired) electrons. The van der Waals surface area contributed by atoms with Gasteiger partial charge < -0.3 is 10.1 Å². The Bertz CT molecular complexity index is 1110. The summed E-state index contributed by atoms with van der Waals surface area (Å²) in [7, 11) is 0. The number of anilines is 1. The van der Waals surface area contributed by atoms with Gasteiger partial charge in [0.05, 0.1) is 6.42 Å². The van der Waals surface area contributed by atoms with E-state index in [-0.39, 0.29) is 18.9 Å². The normalized spacial score (nSPS) is 11.2. The summed E-state index contributed by atoms with van der Waals surface area (Å²) >= 11 is 6.06. The van der Waals surface area contributed by atoms with Crippen LogP contribution in [0.25, 0.3) is 10.8 Å². The van der Waals surface area contributed by atoms with Gasteiger partial charge in [0.2, 0.25) is 5.91 Å². The fourth-order valence-electron chi connectivity index (χ4n) is 2.81. The zero-order valence-corrected chi connectivity index (χ0v) is 17.5. The molecule has 0 unspecified atom stereocenters. The van der Waals surface area contributed by atoms with Gasteiger partial charge >= 0.3 is 0 Å². The van der Waals surface area contributed by atoms with Crippen molar-refractivity contribution in [3.05, 3.63) is 71.2 Å². The molecule has 30 heavy (non-hydrogen) atoms. The van der Waals surface area contributed by atoms with Crippen LogP contribution < -0.4 is 15.5 Å². The van der Waals surface area contributed by atoms with Crippen LogP contribution in [0.15, 0.2) is 65.8 Å². The van der Waals surface area contributed by atoms with Crippen LogP contribution in [-0.2, 0) is 9.59 Å². The van der Waals surface area contributed by atoms with Gasteiger partial charge in [0.15, 0.2) is 6.61 Å². The molecule has 0 aliphatic rings. The van der Waals surface area contributed by atoms with Crippen molar-refractivity contribution in [3.63, 3.8) is 0 Å². The highest BCUT2D eigenvalue weighted by atomic mass is 35.5. The highest BCUT2D eigenvalue weighted by Gasteiger charge is 2.09. The minimum Gasteiger partial charge on any atom is -0.484 e. The monoisotopic (exact) mass is 423 g/mol. The second kappa shape index (κ2) is 9.89. The van der Waals surface area contributed by atoms with Crippen LogP contribution in [-0.4, -0.2) is 24.1 Å². The number of benzene rings is 3. The maximum Gasteiger partial charge on any atom is 0.277 e. The van der Waals surface area contributed by atoms with E-state index < -0.39 is 5.91 Å². The molecule has 0 heterocycles. The minimum atomic E-state index is -0.409. The number of rotatable bonds is 7. The fourth-order valence-corrected chi connectivity index (χ4v) is 2.98. The number of carbonyl (C=O) groups is 2. The van der Waals surface area contributed by atoms with Gasteiger partial charge in [0.1, 0.15) is 5.75 Å². The van der Waals surface area contributed by atoms with Crippen molar-refractivity contribution in [1.29, 1.82) is 0 Å². The Morgan fingerprint density at radius 2 is 1.77 bits per heavy atom. The van der Waals surface area contributed by atoms with E-state index in [0.717, 1.165) is 16.3 Å². The molecule has 3 aromatic carbocycles. The quantitative estimate of drug-likeness (QED) is 0.427. The number of halogens is 1. The Kier molecular flexibility index (Phi) is 7.03. The summed E-state index contributed by atoms with van der Waals surface area (Å²) in [5.41, 5.74) is 4.31. The van der Waals surface area contributed by atoms with Crippen molar-refractivity contribution in [2.45, 2.75) is 20.3 Å². The maximum absolute atomic E-state index is 12.2. The zero-order valence-electron chi connectivity index (χ0n) is 16.7. The lowest BCUT2D eigenvalue weighted by molar-refractivity contribution is -0.123. The number of hydrazone groups is 1. The average molecular weight is 424 g/mol. The van der Waals surface area contributed by atoms with E-state index in [9.17, 15) is 9.59 Å². The molecule has 0 spiro atoms. The van der Waals surface area contributed by atoms with Crippen molar-refractivity contribution in [2.75, 3.05) is 11.9 Å². The van der Waals surface area contributed by atoms with Crippen LogP contribution in [0.5, 0.6) is 5.75 Å². The Labute approximate surface area is 179 Å². The van der Waals surface area contributed by atoms with Crippen molar-refractivity contribution in [2.24, 2.45) is 5.10 Å². The summed E-state index contributed by atoms with van der Waals surface area (Å²) in [6, 6.07) is 18.8. The molecule has 154 valence electrons. The fraction of sp³-hybridized carbons (Fsp3) is 0.174. The average Bonchev–Trinajstić information content (AvgIpc) is 2.74. The third kappa shape index (κ3) is 5.81. The standard InChI is InChI=1S/C23H22ClN3O3/c1-15(12-22(28)25-21-9-5-8-20(24)16(21)2)26-27-23(29)14-30-19-11-10-17-6-3-4-7-18(17)13-19/h3-11,13H,12,14H2,1-2H3,(H,25,28)(H,27,29)/b26-15-. The molecule has 3 rings (SSSR count). The Balaban J connectivity index is 1.47. The molecule has 0 fully saturated rings. The first kappa shape index (κ1) is 21.3. The second-order valence-corrected chi connectivity index (χ2v) is 7.22. The molecule has 3 aromatic rings. The number of nitrogens with one attached hydrogen (secondary N) is 2. The summed E-state index contributed by atoms with van der Waals surface area (Å²) in [6.07, 6.45) is 0.0394. The first-order chi connectivity index (χ1) is 14.4. The van der Waals surface area contributed by atoms with Crippen LogP contribution in [0.1, 0.15) is 18.9 Å². The highest BCUT2D eigenvalue weighted by Crippen LogP contribution is 2.23. The topological polar surface area (TPSA) is 79.8 Å². The largest absolute Gasteiger partial charge is 0.484 e. The molecule has 2 N–H and O–H groups in total. The summed E-state index contributed by atoms with van der Waals surface area (Å²) in [6.45, 7) is 3.31. The van der Waals surface area contributed by atoms with Gasteiger partial charge in [-0.1, -0.05) is 48.0 Å². The van der Waals surface area contributed by atoms with Gasteiger partial charge in [0, 0.05) is 16.4 Å². The molecular weight excluding hydrogens is 402 g/mol. The van der Waals surface area contributed by atoms with Gasteiger partial charge in [-0.25, -0.2) is 5.43 Å². The molecule has 0 saturated heterocycles. The highest BCUT2D eigenvalue weighted by molar-refractivity contribution is 6.31. The van der Waals surface area contributed by atoms with Crippen LogP contribution in [0.2, 0.25) is 5.02 Å². The van der Waals surface area contributed by atoms with Crippen LogP contribution in [0, 0.1) is 6.92 Å². The third-order valence-corrected chi connectivity index (χ3v) is 4.83. The SMILES string of the molecule is C/C(CC(=O)Nc1cccc(Cl)c1C)=N/NC(=O)COc1ccc2ccccc2c1. The van der Waals surface area contributed by atoms with Gasteiger partial charge in [-0.15, -0.1) is 0 Å². The van der Waals surface area contributed by atoms with Crippen molar-refractivity contribution >= 4 is 45.6 Å². The van der Waals surface area contributed by atoms with Crippen molar-refractivity contribution < 1.29 is 14.3 Å². The van der Waals surface area contributed by atoms with Crippen LogP contribution in [0.4, 0.5) is 5.69 Å². The number of fused-ring (bicyclic) bond motifs is 1. The molecule has 0 atom stereocenters. The van der Waals surface area contributed by atoms with E-state index >= 15 is 0 Å². The van der Waals surface area contributed by atoms with Crippen molar-refractivity contribution in [1.82, 2.24) is 5.43 Å².